The Bertz CT molecular complexity index is 742. The second kappa shape index (κ2) is 5.70. The van der Waals surface area contributed by atoms with E-state index in [0.717, 1.165) is 21.5 Å². The number of aromatic amines is 1. The molecular weight excluding hydrogens is 296 g/mol. The van der Waals surface area contributed by atoms with Crippen LogP contribution in [0.2, 0.25) is 0 Å². The fourth-order valence-corrected chi connectivity index (χ4v) is 2.89. The van der Waals surface area contributed by atoms with Gasteiger partial charge in [0.2, 0.25) is 0 Å². The second-order valence-electron chi connectivity index (χ2n) is 4.00. The van der Waals surface area contributed by atoms with E-state index in [9.17, 15) is 0 Å². The van der Waals surface area contributed by atoms with Gasteiger partial charge in [-0.15, -0.1) is 11.3 Å². The van der Waals surface area contributed by atoms with Gasteiger partial charge in [-0.2, -0.15) is 5.10 Å². The van der Waals surface area contributed by atoms with Gasteiger partial charge in [0.25, 0.3) is 0 Å². The molecule has 0 radical (unpaired) electrons. The fourth-order valence-electron chi connectivity index (χ4n) is 1.79. The van der Waals surface area contributed by atoms with Gasteiger partial charge in [-0.3, -0.25) is 9.67 Å². The lowest BCUT2D eigenvalue weighted by Crippen LogP contribution is -2.05. The summed E-state index contributed by atoms with van der Waals surface area (Å²) in [7, 11) is 1.66. The Balaban J connectivity index is 1.96. The Kier molecular flexibility index (Phi) is 3.77. The third-order valence-corrected chi connectivity index (χ3v) is 4.05. The molecule has 0 unspecified atom stereocenters. The van der Waals surface area contributed by atoms with E-state index in [2.05, 4.69) is 15.2 Å². The topological polar surface area (TPSA) is 68.9 Å². The number of ether oxygens (including phenoxy) is 1. The molecular formula is C12H12N4O2S2. The number of methoxy groups -OCH3 is 1. The molecule has 6 nitrogen and oxygen atoms in total. The lowest BCUT2D eigenvalue weighted by molar-refractivity contribution is 0.187. The average molecular weight is 308 g/mol. The number of furan rings is 1. The van der Waals surface area contributed by atoms with Gasteiger partial charge >= 0.3 is 0 Å². The van der Waals surface area contributed by atoms with Crippen LogP contribution in [0.25, 0.3) is 21.5 Å². The van der Waals surface area contributed by atoms with Crippen LogP contribution in [0.5, 0.6) is 0 Å². The zero-order valence-electron chi connectivity index (χ0n) is 10.7. The monoisotopic (exact) mass is 308 g/mol. The minimum atomic E-state index is 0.574. The Morgan fingerprint density at radius 2 is 2.45 bits per heavy atom. The van der Waals surface area contributed by atoms with Crippen molar-refractivity contribution in [1.82, 2.24) is 19.7 Å². The molecule has 8 heteroatoms. The zero-order valence-corrected chi connectivity index (χ0v) is 12.3. The Morgan fingerprint density at radius 3 is 3.20 bits per heavy atom. The summed E-state index contributed by atoms with van der Waals surface area (Å²) in [6.45, 7) is 1.22. The highest BCUT2D eigenvalue weighted by Gasteiger charge is 2.14. The molecule has 0 bridgehead atoms. The lowest BCUT2D eigenvalue weighted by atomic mass is 10.4. The molecule has 1 N–H and O–H groups in total. The van der Waals surface area contributed by atoms with Gasteiger partial charge in [0.1, 0.15) is 0 Å². The minimum Gasteiger partial charge on any atom is -0.462 e. The van der Waals surface area contributed by atoms with Crippen molar-refractivity contribution in [3.63, 3.8) is 0 Å². The van der Waals surface area contributed by atoms with Gasteiger partial charge in [-0.1, -0.05) is 0 Å². The van der Waals surface area contributed by atoms with E-state index in [-0.39, 0.29) is 0 Å². The number of thiazole rings is 1. The quantitative estimate of drug-likeness (QED) is 0.734. The molecule has 3 aromatic heterocycles. The normalized spacial score (nSPS) is 11.1. The Morgan fingerprint density at radius 1 is 1.55 bits per heavy atom. The van der Waals surface area contributed by atoms with Crippen LogP contribution >= 0.6 is 23.6 Å². The first-order chi connectivity index (χ1) is 9.79. The molecule has 0 atom stereocenters. The van der Waals surface area contributed by atoms with Crippen LogP contribution in [-0.4, -0.2) is 33.5 Å². The highest BCUT2D eigenvalue weighted by molar-refractivity contribution is 7.71. The summed E-state index contributed by atoms with van der Waals surface area (Å²) in [5.41, 5.74) is 0. The van der Waals surface area contributed by atoms with Crippen LogP contribution in [0.4, 0.5) is 0 Å². The molecule has 0 saturated carbocycles. The molecule has 0 amide bonds. The maximum atomic E-state index is 5.34. The summed E-state index contributed by atoms with van der Waals surface area (Å²) < 4.78 is 12.9. The number of nitrogens with zero attached hydrogens (tertiary/aromatic N) is 3. The van der Waals surface area contributed by atoms with E-state index >= 15 is 0 Å². The number of aromatic nitrogens is 4. The number of rotatable bonds is 5. The predicted molar refractivity (Wildman–Crippen MR) is 78.1 cm³/mol. The van der Waals surface area contributed by atoms with Gasteiger partial charge in [0.05, 0.1) is 24.3 Å². The number of hydrogen-bond acceptors (Lipinski definition) is 6. The van der Waals surface area contributed by atoms with Crippen molar-refractivity contribution in [3.8, 4) is 21.5 Å². The van der Waals surface area contributed by atoms with Crippen LogP contribution in [0, 0.1) is 4.77 Å². The second-order valence-corrected chi connectivity index (χ2v) is 5.42. The first-order valence-corrected chi connectivity index (χ1v) is 7.16. The summed E-state index contributed by atoms with van der Waals surface area (Å²) in [5.74, 6) is 1.51. The molecule has 3 rings (SSSR count). The molecule has 20 heavy (non-hydrogen) atoms. The van der Waals surface area contributed by atoms with Crippen molar-refractivity contribution in [2.75, 3.05) is 13.7 Å². The smallest absolute Gasteiger partial charge is 0.195 e. The third kappa shape index (κ3) is 2.45. The molecule has 0 saturated heterocycles. The molecule has 3 heterocycles. The van der Waals surface area contributed by atoms with Crippen LogP contribution in [-0.2, 0) is 11.3 Å². The van der Waals surface area contributed by atoms with E-state index in [1.807, 2.05) is 16.7 Å². The molecule has 104 valence electrons. The molecule has 0 aromatic carbocycles. The SMILES string of the molecule is COCCn1c(-c2cnc(-c3ccco3)s2)n[nH]c1=S. The Labute approximate surface area is 124 Å². The Hall–Kier alpha value is -1.77. The molecule has 0 aliphatic carbocycles. The summed E-state index contributed by atoms with van der Waals surface area (Å²) in [6, 6.07) is 3.72. The third-order valence-electron chi connectivity index (χ3n) is 2.74. The number of nitrogens with one attached hydrogen (secondary N) is 1. The van der Waals surface area contributed by atoms with Crippen LogP contribution in [0.15, 0.2) is 29.0 Å². The van der Waals surface area contributed by atoms with E-state index in [0.29, 0.717) is 17.9 Å². The first-order valence-electron chi connectivity index (χ1n) is 5.94. The highest BCUT2D eigenvalue weighted by Crippen LogP contribution is 2.31. The van der Waals surface area contributed by atoms with Crippen LogP contribution in [0.1, 0.15) is 0 Å². The van der Waals surface area contributed by atoms with Crippen molar-refractivity contribution in [2.45, 2.75) is 6.54 Å². The van der Waals surface area contributed by atoms with Crippen molar-refractivity contribution in [1.29, 1.82) is 0 Å². The van der Waals surface area contributed by atoms with Gasteiger partial charge in [-0.05, 0) is 24.4 Å². The summed E-state index contributed by atoms with van der Waals surface area (Å²) >= 11 is 6.74. The highest BCUT2D eigenvalue weighted by atomic mass is 32.1. The average Bonchev–Trinajstić information content (AvgIpc) is 3.16. The van der Waals surface area contributed by atoms with Crippen molar-refractivity contribution in [2.24, 2.45) is 0 Å². The molecule has 0 fully saturated rings. The maximum absolute atomic E-state index is 5.34. The number of hydrogen-bond donors (Lipinski definition) is 1. The molecule has 3 aromatic rings. The molecule has 0 spiro atoms. The first kappa shape index (κ1) is 13.2. The molecule has 0 aliphatic heterocycles. The van der Waals surface area contributed by atoms with Crippen LogP contribution in [0.3, 0.4) is 0 Å². The van der Waals surface area contributed by atoms with Crippen LogP contribution < -0.4 is 0 Å². The van der Waals surface area contributed by atoms with E-state index in [1.165, 1.54) is 11.3 Å². The fraction of sp³-hybridized carbons (Fsp3) is 0.250. The van der Waals surface area contributed by atoms with Crippen molar-refractivity contribution in [3.05, 3.63) is 29.4 Å². The minimum absolute atomic E-state index is 0.574. The molecule has 0 aliphatic rings. The van der Waals surface area contributed by atoms with Gasteiger partial charge in [0, 0.05) is 13.3 Å². The maximum Gasteiger partial charge on any atom is 0.195 e. The predicted octanol–water partition coefficient (Wildman–Crippen LogP) is 2.97. The summed E-state index contributed by atoms with van der Waals surface area (Å²) in [4.78, 5) is 5.29. The zero-order chi connectivity index (χ0) is 13.9. The summed E-state index contributed by atoms with van der Waals surface area (Å²) in [5, 5.41) is 7.88. The van der Waals surface area contributed by atoms with Crippen molar-refractivity contribution >= 4 is 23.6 Å². The van der Waals surface area contributed by atoms with E-state index in [1.54, 1.807) is 19.6 Å². The van der Waals surface area contributed by atoms with Gasteiger partial charge in [0.15, 0.2) is 21.4 Å². The van der Waals surface area contributed by atoms with E-state index in [4.69, 9.17) is 21.4 Å². The lowest BCUT2D eigenvalue weighted by Gasteiger charge is -2.03. The standard InChI is InChI=1S/C12H12N4O2S2/c1-17-6-4-16-10(14-15-12(16)19)9-7-13-11(20-9)8-3-2-5-18-8/h2-3,5,7H,4,6H2,1H3,(H,15,19). The number of H-pyrrole nitrogens is 1. The van der Waals surface area contributed by atoms with Crippen molar-refractivity contribution < 1.29 is 9.15 Å². The van der Waals surface area contributed by atoms with Gasteiger partial charge < -0.3 is 9.15 Å². The largest absolute Gasteiger partial charge is 0.462 e. The summed E-state index contributed by atoms with van der Waals surface area (Å²) in [6.07, 6.45) is 3.40. The van der Waals surface area contributed by atoms with Gasteiger partial charge in [-0.25, -0.2) is 4.98 Å². The van der Waals surface area contributed by atoms with E-state index < -0.39 is 0 Å².